The Balaban J connectivity index is 1.72. The van der Waals surface area contributed by atoms with E-state index >= 15 is 0 Å². The Labute approximate surface area is 156 Å². The Morgan fingerprint density at radius 3 is 2.70 bits per heavy atom. The van der Waals surface area contributed by atoms with Gasteiger partial charge in [0, 0.05) is 25.1 Å². The predicted molar refractivity (Wildman–Crippen MR) is 94.9 cm³/mol. The standard InChI is InChI=1S/C20H20FNO5/c1-26-17-7-6-13(10-22-11-15(20(24)25)9-19(22)23)8-18(17)27-12-14-4-2-3-5-16(14)21/h2-8,15H,9-12H2,1H3,(H,24,25). The number of nitrogens with zero attached hydrogens (tertiary/aromatic N) is 1. The molecule has 27 heavy (non-hydrogen) atoms. The third kappa shape index (κ3) is 4.36. The topological polar surface area (TPSA) is 76.1 Å². The predicted octanol–water partition coefficient (Wildman–Crippen LogP) is 2.85. The second-order valence-corrected chi connectivity index (χ2v) is 6.38. The maximum Gasteiger partial charge on any atom is 0.308 e. The molecule has 1 aliphatic rings. The van der Waals surface area contributed by atoms with Gasteiger partial charge in [-0.3, -0.25) is 9.59 Å². The molecule has 1 aliphatic heterocycles. The third-order valence-electron chi connectivity index (χ3n) is 4.51. The first kappa shape index (κ1) is 18.7. The fourth-order valence-electron chi connectivity index (χ4n) is 3.01. The van der Waals surface area contributed by atoms with Crippen LogP contribution in [-0.2, 0) is 22.7 Å². The molecule has 1 N–H and O–H groups in total. The highest BCUT2D eigenvalue weighted by Crippen LogP contribution is 2.30. The summed E-state index contributed by atoms with van der Waals surface area (Å²) in [6.45, 7) is 0.504. The van der Waals surface area contributed by atoms with Crippen LogP contribution in [0, 0.1) is 11.7 Å². The van der Waals surface area contributed by atoms with E-state index in [1.807, 2.05) is 0 Å². The van der Waals surface area contributed by atoms with Crippen molar-refractivity contribution in [2.24, 2.45) is 5.92 Å². The van der Waals surface area contributed by atoms with Crippen LogP contribution >= 0.6 is 0 Å². The van der Waals surface area contributed by atoms with Crippen LogP contribution in [0.5, 0.6) is 11.5 Å². The first-order chi connectivity index (χ1) is 13.0. The monoisotopic (exact) mass is 373 g/mol. The number of hydrogen-bond donors (Lipinski definition) is 1. The largest absolute Gasteiger partial charge is 0.493 e. The van der Waals surface area contributed by atoms with E-state index in [4.69, 9.17) is 14.6 Å². The van der Waals surface area contributed by atoms with Gasteiger partial charge >= 0.3 is 5.97 Å². The second kappa shape index (κ2) is 8.07. The molecule has 6 nitrogen and oxygen atoms in total. The van der Waals surface area contributed by atoms with E-state index in [0.717, 1.165) is 5.56 Å². The van der Waals surface area contributed by atoms with Gasteiger partial charge in [0.2, 0.25) is 5.91 Å². The lowest BCUT2D eigenvalue weighted by Gasteiger charge is -2.18. The summed E-state index contributed by atoms with van der Waals surface area (Å²) >= 11 is 0. The molecule has 1 unspecified atom stereocenters. The van der Waals surface area contributed by atoms with E-state index in [1.165, 1.54) is 18.1 Å². The summed E-state index contributed by atoms with van der Waals surface area (Å²) in [5.74, 6) is -1.25. The van der Waals surface area contributed by atoms with Crippen molar-refractivity contribution < 1.29 is 28.6 Å². The summed E-state index contributed by atoms with van der Waals surface area (Å²) in [6.07, 6.45) is 0.0160. The maximum absolute atomic E-state index is 13.8. The highest BCUT2D eigenvalue weighted by molar-refractivity contribution is 5.86. The van der Waals surface area contributed by atoms with Crippen molar-refractivity contribution in [3.8, 4) is 11.5 Å². The quantitative estimate of drug-likeness (QED) is 0.808. The Kier molecular flexibility index (Phi) is 5.59. The minimum Gasteiger partial charge on any atom is -0.493 e. The molecule has 0 bridgehead atoms. The number of benzene rings is 2. The second-order valence-electron chi connectivity index (χ2n) is 6.38. The molecule has 2 aromatic rings. The van der Waals surface area contributed by atoms with Gasteiger partial charge in [0.1, 0.15) is 12.4 Å². The smallest absolute Gasteiger partial charge is 0.308 e. The van der Waals surface area contributed by atoms with Crippen molar-refractivity contribution in [1.29, 1.82) is 0 Å². The zero-order chi connectivity index (χ0) is 19.4. The first-order valence-electron chi connectivity index (χ1n) is 8.51. The van der Waals surface area contributed by atoms with Crippen molar-refractivity contribution >= 4 is 11.9 Å². The molecule has 0 radical (unpaired) electrons. The number of likely N-dealkylation sites (tertiary alicyclic amines) is 1. The summed E-state index contributed by atoms with van der Waals surface area (Å²) in [5, 5.41) is 9.08. The van der Waals surface area contributed by atoms with Gasteiger partial charge in [0.15, 0.2) is 11.5 Å². The number of carbonyl (C=O) groups is 2. The van der Waals surface area contributed by atoms with E-state index in [2.05, 4.69) is 0 Å². The average molecular weight is 373 g/mol. The maximum atomic E-state index is 13.8. The van der Waals surface area contributed by atoms with Crippen LogP contribution < -0.4 is 9.47 Å². The van der Waals surface area contributed by atoms with E-state index in [-0.39, 0.29) is 37.8 Å². The zero-order valence-electron chi connectivity index (χ0n) is 14.9. The Bertz CT molecular complexity index is 854. The van der Waals surface area contributed by atoms with Crippen LogP contribution in [0.15, 0.2) is 42.5 Å². The molecular formula is C20H20FNO5. The molecule has 2 aromatic carbocycles. The number of hydrogen-bond acceptors (Lipinski definition) is 4. The summed E-state index contributed by atoms with van der Waals surface area (Å²) in [7, 11) is 1.51. The zero-order valence-corrected chi connectivity index (χ0v) is 14.9. The molecular weight excluding hydrogens is 353 g/mol. The summed E-state index contributed by atoms with van der Waals surface area (Å²) in [6, 6.07) is 11.6. The van der Waals surface area contributed by atoms with Crippen molar-refractivity contribution in [2.45, 2.75) is 19.6 Å². The molecule has 0 spiro atoms. The number of ether oxygens (including phenoxy) is 2. The molecule has 1 amide bonds. The van der Waals surface area contributed by atoms with Gasteiger partial charge in [0.05, 0.1) is 13.0 Å². The van der Waals surface area contributed by atoms with E-state index in [1.54, 1.807) is 36.4 Å². The first-order valence-corrected chi connectivity index (χ1v) is 8.51. The molecule has 0 aliphatic carbocycles. The number of methoxy groups -OCH3 is 1. The number of carboxylic acids is 1. The lowest BCUT2D eigenvalue weighted by atomic mass is 10.1. The SMILES string of the molecule is COc1ccc(CN2CC(C(=O)O)CC2=O)cc1OCc1ccccc1F. The minimum atomic E-state index is -0.963. The molecule has 142 valence electrons. The van der Waals surface area contributed by atoms with E-state index < -0.39 is 11.9 Å². The van der Waals surface area contributed by atoms with Crippen molar-refractivity contribution in [3.63, 3.8) is 0 Å². The number of carboxylic acid groups (broad SMARTS) is 1. The fourth-order valence-corrected chi connectivity index (χ4v) is 3.01. The van der Waals surface area contributed by atoms with Crippen molar-refractivity contribution in [1.82, 2.24) is 4.90 Å². The molecule has 1 atom stereocenters. The highest BCUT2D eigenvalue weighted by Gasteiger charge is 2.34. The van der Waals surface area contributed by atoms with Gasteiger partial charge in [-0.2, -0.15) is 0 Å². The lowest BCUT2D eigenvalue weighted by molar-refractivity contribution is -0.141. The van der Waals surface area contributed by atoms with Crippen LogP contribution in [0.1, 0.15) is 17.5 Å². The Morgan fingerprint density at radius 2 is 2.04 bits per heavy atom. The molecule has 3 rings (SSSR count). The van der Waals surface area contributed by atoms with Crippen molar-refractivity contribution in [3.05, 3.63) is 59.4 Å². The number of rotatable bonds is 7. The summed E-state index contributed by atoms with van der Waals surface area (Å²) in [4.78, 5) is 24.6. The molecule has 1 saturated heterocycles. The van der Waals surface area contributed by atoms with Crippen LogP contribution in [0.2, 0.25) is 0 Å². The molecule has 1 fully saturated rings. The summed E-state index contributed by atoms with van der Waals surface area (Å²) < 4.78 is 24.8. The van der Waals surface area contributed by atoms with E-state index in [9.17, 15) is 14.0 Å². The van der Waals surface area contributed by atoms with Gasteiger partial charge in [-0.05, 0) is 23.8 Å². The molecule has 0 saturated carbocycles. The summed E-state index contributed by atoms with van der Waals surface area (Å²) in [5.41, 5.74) is 1.20. The number of carbonyl (C=O) groups excluding carboxylic acids is 1. The van der Waals surface area contributed by atoms with Gasteiger partial charge in [-0.15, -0.1) is 0 Å². The van der Waals surface area contributed by atoms with Gasteiger partial charge < -0.3 is 19.5 Å². The highest BCUT2D eigenvalue weighted by atomic mass is 19.1. The number of aliphatic carboxylic acids is 1. The molecule has 1 heterocycles. The van der Waals surface area contributed by atoms with Crippen LogP contribution in [0.25, 0.3) is 0 Å². The normalized spacial score (nSPS) is 16.4. The van der Waals surface area contributed by atoms with Crippen LogP contribution in [0.4, 0.5) is 4.39 Å². The van der Waals surface area contributed by atoms with Crippen LogP contribution in [-0.4, -0.2) is 35.5 Å². The molecule has 7 heteroatoms. The minimum absolute atomic E-state index is 0.0160. The van der Waals surface area contributed by atoms with Gasteiger partial charge in [0.25, 0.3) is 0 Å². The Hall–Kier alpha value is -3.09. The fraction of sp³-hybridized carbons (Fsp3) is 0.300. The van der Waals surface area contributed by atoms with Crippen molar-refractivity contribution in [2.75, 3.05) is 13.7 Å². The van der Waals surface area contributed by atoms with E-state index in [0.29, 0.717) is 17.1 Å². The lowest BCUT2D eigenvalue weighted by Crippen LogP contribution is -2.25. The van der Waals surface area contributed by atoms with Gasteiger partial charge in [-0.25, -0.2) is 4.39 Å². The number of amides is 1. The molecule has 0 aromatic heterocycles. The third-order valence-corrected chi connectivity index (χ3v) is 4.51. The van der Waals surface area contributed by atoms with Crippen LogP contribution in [0.3, 0.4) is 0 Å². The number of halogens is 1. The average Bonchev–Trinajstić information content (AvgIpc) is 3.02. The van der Waals surface area contributed by atoms with Gasteiger partial charge in [-0.1, -0.05) is 24.3 Å². The Morgan fingerprint density at radius 1 is 1.26 bits per heavy atom.